The van der Waals surface area contributed by atoms with Gasteiger partial charge in [-0.2, -0.15) is 0 Å². The van der Waals surface area contributed by atoms with Gasteiger partial charge in [0.15, 0.2) is 23.0 Å². The predicted molar refractivity (Wildman–Crippen MR) is 113 cm³/mol. The Balaban J connectivity index is 1.49. The molecule has 138 valence electrons. The quantitative estimate of drug-likeness (QED) is 0.402. The topological polar surface area (TPSA) is 87.6 Å². The standard InChI is InChI=1S/C17H18I2N4O3/c18-16-6-15(21-10-22-16)17(25)20-7-13(24)9-23-4-3-11-5-14(26-19)2-1-12(11)8-23/h1-2,5-6,10,13,24H,3-4,7-9H2,(H,20,25)/t13-/m1/s1. The number of β-amino-alcohol motifs (C(OH)–C–C–N with tert-alkyl or cyclic N) is 1. The van der Waals surface area contributed by atoms with Gasteiger partial charge in [0.1, 0.15) is 21.5 Å². The summed E-state index contributed by atoms with van der Waals surface area (Å²) in [6.07, 6.45) is 1.63. The Morgan fingerprint density at radius 3 is 2.96 bits per heavy atom. The van der Waals surface area contributed by atoms with Crippen LogP contribution < -0.4 is 8.38 Å². The lowest BCUT2D eigenvalue weighted by Gasteiger charge is -2.30. The molecule has 0 unspecified atom stereocenters. The molecule has 0 bridgehead atoms. The first-order chi connectivity index (χ1) is 12.5. The zero-order valence-electron chi connectivity index (χ0n) is 13.9. The van der Waals surface area contributed by atoms with Crippen molar-refractivity contribution in [3.05, 3.63) is 51.1 Å². The van der Waals surface area contributed by atoms with Crippen LogP contribution in [-0.4, -0.2) is 51.6 Å². The smallest absolute Gasteiger partial charge is 0.270 e. The van der Waals surface area contributed by atoms with Crippen LogP contribution >= 0.6 is 45.6 Å². The molecule has 0 saturated heterocycles. The highest BCUT2D eigenvalue weighted by Gasteiger charge is 2.20. The van der Waals surface area contributed by atoms with Crippen molar-refractivity contribution in [1.29, 1.82) is 0 Å². The van der Waals surface area contributed by atoms with Gasteiger partial charge in [0.2, 0.25) is 0 Å². The van der Waals surface area contributed by atoms with Crippen molar-refractivity contribution in [2.45, 2.75) is 19.1 Å². The summed E-state index contributed by atoms with van der Waals surface area (Å²) in [5.41, 5.74) is 2.84. The molecule has 0 saturated carbocycles. The van der Waals surface area contributed by atoms with Crippen LogP contribution in [0.5, 0.6) is 5.75 Å². The van der Waals surface area contributed by atoms with Gasteiger partial charge in [-0.05, 0) is 52.3 Å². The number of amides is 1. The van der Waals surface area contributed by atoms with E-state index in [1.807, 2.05) is 51.7 Å². The Hall–Kier alpha value is -1.05. The predicted octanol–water partition coefficient (Wildman–Crippen LogP) is 1.96. The number of nitrogens with zero attached hydrogens (tertiary/aromatic N) is 3. The van der Waals surface area contributed by atoms with E-state index in [1.165, 1.54) is 17.5 Å². The number of carbonyl (C=O) groups is 1. The molecule has 0 spiro atoms. The van der Waals surface area contributed by atoms with Gasteiger partial charge >= 0.3 is 0 Å². The average molecular weight is 580 g/mol. The summed E-state index contributed by atoms with van der Waals surface area (Å²) in [6.45, 7) is 2.34. The van der Waals surface area contributed by atoms with Crippen LogP contribution in [0.1, 0.15) is 21.6 Å². The lowest BCUT2D eigenvalue weighted by atomic mass is 9.99. The molecule has 1 atom stereocenters. The van der Waals surface area contributed by atoms with Gasteiger partial charge in [-0.25, -0.2) is 9.97 Å². The normalized spacial score (nSPS) is 15.2. The van der Waals surface area contributed by atoms with Crippen LogP contribution in [0, 0.1) is 3.70 Å². The Morgan fingerprint density at radius 2 is 2.19 bits per heavy atom. The molecule has 0 radical (unpaired) electrons. The molecule has 1 amide bonds. The second-order valence-electron chi connectivity index (χ2n) is 6.08. The van der Waals surface area contributed by atoms with Gasteiger partial charge in [-0.15, -0.1) is 0 Å². The molecule has 2 aromatic rings. The fraction of sp³-hybridized carbons (Fsp3) is 0.353. The van der Waals surface area contributed by atoms with Gasteiger partial charge < -0.3 is 13.5 Å². The Kier molecular flexibility index (Phi) is 7.00. The number of benzene rings is 1. The summed E-state index contributed by atoms with van der Waals surface area (Å²) in [5, 5.41) is 13.0. The molecule has 1 aliphatic rings. The maximum Gasteiger partial charge on any atom is 0.270 e. The minimum absolute atomic E-state index is 0.185. The van der Waals surface area contributed by atoms with E-state index in [1.54, 1.807) is 6.07 Å². The molecular weight excluding hydrogens is 562 g/mol. The highest BCUT2D eigenvalue weighted by molar-refractivity contribution is 14.1. The summed E-state index contributed by atoms with van der Waals surface area (Å²) in [7, 11) is 0. The minimum atomic E-state index is -0.640. The van der Waals surface area contributed by atoms with E-state index >= 15 is 0 Å². The third kappa shape index (κ3) is 5.24. The van der Waals surface area contributed by atoms with E-state index in [4.69, 9.17) is 3.07 Å². The second kappa shape index (κ2) is 9.24. The van der Waals surface area contributed by atoms with Gasteiger partial charge in [0.05, 0.1) is 6.10 Å². The third-order valence-electron chi connectivity index (χ3n) is 4.19. The molecular formula is C17H18I2N4O3. The maximum atomic E-state index is 12.1. The van der Waals surface area contributed by atoms with Gasteiger partial charge in [-0.1, -0.05) is 6.07 Å². The van der Waals surface area contributed by atoms with E-state index in [2.05, 4.69) is 32.3 Å². The average Bonchev–Trinajstić information content (AvgIpc) is 2.65. The number of nitrogens with one attached hydrogen (secondary N) is 1. The first kappa shape index (κ1) is 19.7. The van der Waals surface area contributed by atoms with Gasteiger partial charge in [0, 0.05) is 32.2 Å². The number of halogens is 2. The molecule has 3 rings (SSSR count). The molecule has 9 heteroatoms. The van der Waals surface area contributed by atoms with Crippen molar-refractivity contribution in [1.82, 2.24) is 20.2 Å². The summed E-state index contributed by atoms with van der Waals surface area (Å²) in [4.78, 5) is 22.2. The van der Waals surface area contributed by atoms with E-state index < -0.39 is 6.10 Å². The number of aliphatic hydroxyl groups is 1. The Labute approximate surface area is 179 Å². The fourth-order valence-electron chi connectivity index (χ4n) is 2.91. The highest BCUT2D eigenvalue weighted by atomic mass is 127. The van der Waals surface area contributed by atoms with E-state index in [0.717, 1.165) is 25.3 Å². The van der Waals surface area contributed by atoms with Crippen molar-refractivity contribution in [2.24, 2.45) is 0 Å². The molecule has 1 aromatic heterocycles. The maximum absolute atomic E-state index is 12.1. The summed E-state index contributed by atoms with van der Waals surface area (Å²) in [5.74, 6) is 0.555. The summed E-state index contributed by atoms with van der Waals surface area (Å²) >= 11 is 3.91. The SMILES string of the molecule is O=C(NC[C@@H](O)CN1CCc2cc(OI)ccc2C1)c1cc(I)ncn1. The lowest BCUT2D eigenvalue weighted by molar-refractivity contribution is 0.0838. The number of aliphatic hydroxyl groups excluding tert-OH is 1. The largest absolute Gasteiger partial charge is 0.428 e. The minimum Gasteiger partial charge on any atom is -0.428 e. The molecule has 0 fully saturated rings. The van der Waals surface area contributed by atoms with Crippen molar-refractivity contribution in [3.8, 4) is 5.75 Å². The number of hydrogen-bond donors (Lipinski definition) is 2. The van der Waals surface area contributed by atoms with Crippen molar-refractivity contribution in [3.63, 3.8) is 0 Å². The van der Waals surface area contributed by atoms with Crippen LogP contribution in [0.2, 0.25) is 0 Å². The number of carbonyl (C=O) groups excluding carboxylic acids is 1. The Morgan fingerprint density at radius 1 is 1.35 bits per heavy atom. The van der Waals surface area contributed by atoms with Crippen LogP contribution in [0.15, 0.2) is 30.6 Å². The van der Waals surface area contributed by atoms with Crippen LogP contribution in [0.25, 0.3) is 0 Å². The zero-order chi connectivity index (χ0) is 18.5. The number of fused-ring (bicyclic) bond motifs is 1. The second-order valence-corrected chi connectivity index (χ2v) is 7.63. The summed E-state index contributed by atoms with van der Waals surface area (Å²) < 4.78 is 5.94. The molecule has 1 aliphatic heterocycles. The molecule has 26 heavy (non-hydrogen) atoms. The van der Waals surface area contributed by atoms with Crippen LogP contribution in [0.4, 0.5) is 0 Å². The van der Waals surface area contributed by atoms with Gasteiger partial charge in [0.25, 0.3) is 5.91 Å². The van der Waals surface area contributed by atoms with E-state index in [9.17, 15) is 9.90 Å². The van der Waals surface area contributed by atoms with Crippen LogP contribution in [0.3, 0.4) is 0 Å². The third-order valence-corrected chi connectivity index (χ3v) is 5.29. The van der Waals surface area contributed by atoms with Crippen molar-refractivity contribution >= 4 is 51.5 Å². The fourth-order valence-corrected chi connectivity index (χ4v) is 3.61. The molecule has 0 aliphatic carbocycles. The number of aromatic nitrogens is 2. The van der Waals surface area contributed by atoms with Crippen LogP contribution in [-0.2, 0) is 13.0 Å². The first-order valence-corrected chi connectivity index (χ1v) is 10.1. The molecule has 2 N–H and O–H groups in total. The summed E-state index contributed by atoms with van der Waals surface area (Å²) in [6, 6.07) is 7.70. The van der Waals surface area contributed by atoms with Crippen molar-refractivity contribution in [2.75, 3.05) is 19.6 Å². The number of rotatable bonds is 6. The van der Waals surface area contributed by atoms with E-state index in [-0.39, 0.29) is 12.5 Å². The molecule has 1 aromatic carbocycles. The number of hydrogen-bond acceptors (Lipinski definition) is 6. The van der Waals surface area contributed by atoms with E-state index in [0.29, 0.717) is 15.9 Å². The zero-order valence-corrected chi connectivity index (χ0v) is 18.2. The highest BCUT2D eigenvalue weighted by Crippen LogP contribution is 2.24. The van der Waals surface area contributed by atoms with Gasteiger partial charge in [-0.3, -0.25) is 9.69 Å². The molecule has 7 nitrogen and oxygen atoms in total. The molecule has 2 heterocycles. The van der Waals surface area contributed by atoms with Crippen molar-refractivity contribution < 1.29 is 13.0 Å². The lowest BCUT2D eigenvalue weighted by Crippen LogP contribution is -2.42. The first-order valence-electron chi connectivity index (χ1n) is 8.11. The Bertz CT molecular complexity index is 790. The monoisotopic (exact) mass is 580 g/mol.